The molecule has 0 saturated carbocycles. The summed E-state index contributed by atoms with van der Waals surface area (Å²) < 4.78 is 29.0. The lowest BCUT2D eigenvalue weighted by Gasteiger charge is -1.55. The maximum absolute atomic E-state index is 9.67. The zero-order valence-electron chi connectivity index (χ0n) is 4.54. The van der Waals surface area contributed by atoms with Crippen LogP contribution in [0.15, 0.2) is 26.3 Å². The predicted molar refractivity (Wildman–Crippen MR) is 31.6 cm³/mol. The molecule has 0 unspecified atom stereocenters. The summed E-state index contributed by atoms with van der Waals surface area (Å²) in [4.78, 5) is 0. The molecule has 0 nitrogen and oxygen atoms in total. The molecule has 0 radical (unpaired) electrons. The van der Waals surface area contributed by atoms with Gasteiger partial charge in [0.1, 0.15) is 0 Å². The molecule has 0 aromatic rings. The largest absolute Gasteiger partial charge is 0.762 e. The summed E-state index contributed by atoms with van der Waals surface area (Å²) in [7, 11) is -3.67. The summed E-state index contributed by atoms with van der Waals surface area (Å²) in [5, 5.41) is 0. The van der Waals surface area contributed by atoms with Gasteiger partial charge >= 0.3 is 7.54 Å². The fourth-order valence-corrected chi connectivity index (χ4v) is 0. The maximum Gasteiger partial charge on any atom is 0.762 e. The molecule has 0 heterocycles. The van der Waals surface area contributed by atoms with E-state index in [-0.39, 0.29) is 0 Å². The van der Waals surface area contributed by atoms with Crippen LogP contribution in [0.3, 0.4) is 0 Å². The molecule has 8 heavy (non-hydrogen) atoms. The average Bonchev–Trinajstić information content (AvgIpc) is 1.75. The zero-order valence-corrected chi connectivity index (χ0v) is 4.54. The number of hydrogen-bond donors (Lipinski definition) is 0. The smallest absolute Gasteiger partial charge is 0.254 e. The molecule has 0 spiro atoms. The molecule has 0 fully saturated rings. The topological polar surface area (TPSA) is 0 Å². The van der Waals surface area contributed by atoms with Crippen molar-refractivity contribution in [2.45, 2.75) is 0 Å². The van der Waals surface area contributed by atoms with E-state index in [0.29, 0.717) is 0 Å². The first kappa shape index (κ1) is 15.7. The van der Waals surface area contributed by atoms with E-state index in [9.17, 15) is 12.9 Å². The van der Waals surface area contributed by atoms with Crippen molar-refractivity contribution in [3.05, 3.63) is 26.3 Å². The molecule has 0 aliphatic heterocycles. The van der Waals surface area contributed by atoms with Gasteiger partial charge < -0.3 is 0 Å². The summed E-state index contributed by atoms with van der Waals surface area (Å²) in [5.41, 5.74) is 0. The highest BCUT2D eigenvalue weighted by atomic mass is 19.4. The monoisotopic (exact) mass is 124 g/mol. The summed E-state index contributed by atoms with van der Waals surface area (Å²) in [5.74, 6) is 0. The van der Waals surface area contributed by atoms with Crippen molar-refractivity contribution < 1.29 is 12.9 Å². The Hall–Kier alpha value is -0.665. The highest BCUT2D eigenvalue weighted by molar-refractivity contribution is 6.33. The van der Waals surface area contributed by atoms with Crippen LogP contribution in [0.1, 0.15) is 0 Å². The third-order valence-electron chi connectivity index (χ3n) is 0. The van der Waals surface area contributed by atoms with Crippen LogP contribution in [-0.2, 0) is 0 Å². The summed E-state index contributed by atoms with van der Waals surface area (Å²) in [6.07, 6.45) is 0. The highest BCUT2D eigenvalue weighted by Crippen LogP contribution is 1.80. The second-order valence-electron chi connectivity index (χ2n) is 0.247. The van der Waals surface area contributed by atoms with Crippen molar-refractivity contribution >= 4 is 7.54 Å². The third-order valence-corrected chi connectivity index (χ3v) is 0. The normalized spacial score (nSPS) is 4.38. The molecule has 4 heteroatoms. The van der Waals surface area contributed by atoms with Gasteiger partial charge in [0.15, 0.2) is 0 Å². The Morgan fingerprint density at radius 1 is 0.750 bits per heavy atom. The Bertz CT molecular complexity index is 27.7. The second-order valence-corrected chi connectivity index (χ2v) is 0.247. The van der Waals surface area contributed by atoms with Crippen LogP contribution in [0.4, 0.5) is 12.9 Å². The quantitative estimate of drug-likeness (QED) is 0.343. The molecule has 0 aliphatic rings. The molecule has 0 atom stereocenters. The van der Waals surface area contributed by atoms with Crippen LogP contribution in [-0.4, -0.2) is 7.54 Å². The second kappa shape index (κ2) is 33.1. The van der Waals surface area contributed by atoms with Gasteiger partial charge in [-0.25, -0.2) is 0 Å². The van der Waals surface area contributed by atoms with Crippen LogP contribution in [0.2, 0.25) is 0 Å². The number of rotatable bonds is 0. The molecule has 48 valence electrons. The summed E-state index contributed by atoms with van der Waals surface area (Å²) in [6, 6.07) is 0. The first-order chi connectivity index (χ1) is 3.73. The van der Waals surface area contributed by atoms with E-state index in [2.05, 4.69) is 26.3 Å². The minimum atomic E-state index is -3.67. The highest BCUT2D eigenvalue weighted by Gasteiger charge is 2.06. The summed E-state index contributed by atoms with van der Waals surface area (Å²) in [6.45, 7) is 12.0. The molecule has 0 aromatic heterocycles. The van der Waals surface area contributed by atoms with Crippen LogP contribution >= 0.6 is 0 Å². The fraction of sp³-hybridized carbons (Fsp3) is 0. The average molecular weight is 124 g/mol. The maximum atomic E-state index is 9.67. The number of halogens is 3. The van der Waals surface area contributed by atoms with Crippen molar-refractivity contribution in [2.75, 3.05) is 0 Å². The van der Waals surface area contributed by atoms with Gasteiger partial charge in [0.2, 0.25) is 0 Å². The van der Waals surface area contributed by atoms with Crippen LogP contribution in [0.5, 0.6) is 0 Å². The number of hydrogen-bond acceptors (Lipinski definition) is 0. The van der Waals surface area contributed by atoms with Gasteiger partial charge in [-0.1, -0.05) is 0 Å². The van der Waals surface area contributed by atoms with Gasteiger partial charge in [-0.2, -0.15) is 0 Å². The lowest BCUT2D eigenvalue weighted by atomic mass is 10.5. The molecule has 0 aromatic carbocycles. The Morgan fingerprint density at radius 2 is 0.750 bits per heavy atom. The van der Waals surface area contributed by atoms with Crippen molar-refractivity contribution in [3.8, 4) is 0 Å². The van der Waals surface area contributed by atoms with Gasteiger partial charge in [0.25, 0.3) is 0 Å². The Kier molecular flexibility index (Phi) is 64.8. The van der Waals surface area contributed by atoms with E-state index in [1.807, 2.05) is 0 Å². The van der Waals surface area contributed by atoms with Crippen molar-refractivity contribution in [1.82, 2.24) is 0 Å². The zero-order chi connectivity index (χ0) is 7.58. The van der Waals surface area contributed by atoms with Crippen LogP contribution < -0.4 is 0 Å². The van der Waals surface area contributed by atoms with Gasteiger partial charge in [-0.15, -0.1) is 26.3 Å². The molecule has 0 saturated heterocycles. The van der Waals surface area contributed by atoms with E-state index in [0.717, 1.165) is 0 Å². The fourth-order valence-electron chi connectivity index (χ4n) is 0. The lowest BCUT2D eigenvalue weighted by molar-refractivity contribution is 0.535. The van der Waals surface area contributed by atoms with Gasteiger partial charge in [-0.05, 0) is 0 Å². The molecular formula is C4H8BF3. The van der Waals surface area contributed by atoms with E-state index in [1.165, 1.54) is 0 Å². The molecule has 0 rings (SSSR count). The van der Waals surface area contributed by atoms with Crippen molar-refractivity contribution in [2.24, 2.45) is 0 Å². The Balaban J connectivity index is -0.0000000542. The molecule has 0 amide bonds. The van der Waals surface area contributed by atoms with Crippen LogP contribution in [0, 0.1) is 0 Å². The van der Waals surface area contributed by atoms with Gasteiger partial charge in [0, 0.05) is 0 Å². The summed E-state index contributed by atoms with van der Waals surface area (Å²) >= 11 is 0. The third kappa shape index (κ3) is 227. The predicted octanol–water partition coefficient (Wildman–Crippen LogP) is 2.48. The molecular weight excluding hydrogens is 116 g/mol. The van der Waals surface area contributed by atoms with E-state index in [4.69, 9.17) is 0 Å². The van der Waals surface area contributed by atoms with Crippen LogP contribution in [0.25, 0.3) is 0 Å². The molecule has 0 N–H and O–H groups in total. The molecule has 0 bridgehead atoms. The standard InChI is InChI=1S/2C2H4.BF3/c2*1-2;2-1(3)4/h2*1-2H2;. The first-order valence-corrected chi connectivity index (χ1v) is 1.65. The minimum absolute atomic E-state index is 3.00. The Labute approximate surface area is 47.9 Å². The van der Waals surface area contributed by atoms with Crippen molar-refractivity contribution in [1.29, 1.82) is 0 Å². The SMILES string of the molecule is C=C.C=C.FB(F)F. The van der Waals surface area contributed by atoms with Crippen molar-refractivity contribution in [3.63, 3.8) is 0 Å². The first-order valence-electron chi connectivity index (χ1n) is 1.65. The van der Waals surface area contributed by atoms with E-state index >= 15 is 0 Å². The van der Waals surface area contributed by atoms with E-state index < -0.39 is 7.54 Å². The minimum Gasteiger partial charge on any atom is -0.254 e. The van der Waals surface area contributed by atoms with Gasteiger partial charge in [0.05, 0.1) is 0 Å². The molecule has 0 aliphatic carbocycles. The van der Waals surface area contributed by atoms with E-state index in [1.54, 1.807) is 0 Å². The lowest BCUT2D eigenvalue weighted by Crippen LogP contribution is -1.76. The Morgan fingerprint density at radius 3 is 0.750 bits per heavy atom. The van der Waals surface area contributed by atoms with Gasteiger partial charge in [-0.3, -0.25) is 12.9 Å².